The van der Waals surface area contributed by atoms with Crippen molar-refractivity contribution in [1.82, 2.24) is 4.98 Å². The molecule has 0 fully saturated rings. The third kappa shape index (κ3) is 3.90. The topological polar surface area (TPSA) is 36.7 Å². The molecule has 1 aromatic carbocycles. The molecule has 0 bridgehead atoms. The largest absolute Gasteiger partial charge is 0.246 e. The highest BCUT2D eigenvalue weighted by Crippen LogP contribution is 2.22. The van der Waals surface area contributed by atoms with Gasteiger partial charge in [0.15, 0.2) is 0 Å². The second-order valence-electron chi connectivity index (χ2n) is 4.55. The lowest BCUT2D eigenvalue weighted by molar-refractivity contribution is 0.858. The van der Waals surface area contributed by atoms with Crippen molar-refractivity contribution in [2.75, 3.05) is 0 Å². The van der Waals surface area contributed by atoms with Crippen molar-refractivity contribution in [2.24, 2.45) is 0 Å². The van der Waals surface area contributed by atoms with Crippen LogP contribution in [-0.2, 0) is 25.7 Å². The van der Waals surface area contributed by atoms with Crippen LogP contribution in [0, 0.1) is 11.3 Å². The van der Waals surface area contributed by atoms with Crippen LogP contribution in [0.3, 0.4) is 0 Å². The smallest absolute Gasteiger partial charge is 0.0934 e. The maximum absolute atomic E-state index is 8.86. The number of aryl methyl sites for hydroxylation is 3. The molecule has 0 amide bonds. The van der Waals surface area contributed by atoms with Crippen LogP contribution in [0.4, 0.5) is 0 Å². The minimum absolute atomic E-state index is 0.498. The summed E-state index contributed by atoms with van der Waals surface area (Å²) < 4.78 is 0. The van der Waals surface area contributed by atoms with Crippen molar-refractivity contribution >= 4 is 11.3 Å². The highest BCUT2D eigenvalue weighted by atomic mass is 32.1. The minimum atomic E-state index is 0.498. The van der Waals surface area contributed by atoms with Crippen LogP contribution in [0.25, 0.3) is 0 Å². The summed E-state index contributed by atoms with van der Waals surface area (Å²) in [4.78, 5) is 5.86. The van der Waals surface area contributed by atoms with Crippen LogP contribution in [-0.4, -0.2) is 4.98 Å². The van der Waals surface area contributed by atoms with Gasteiger partial charge in [-0.1, -0.05) is 43.7 Å². The van der Waals surface area contributed by atoms with E-state index in [0.29, 0.717) is 6.42 Å². The molecule has 2 aromatic rings. The highest BCUT2D eigenvalue weighted by molar-refractivity contribution is 7.11. The van der Waals surface area contributed by atoms with Crippen LogP contribution < -0.4 is 0 Å². The molecule has 0 unspecified atom stereocenters. The van der Waals surface area contributed by atoms with Crippen molar-refractivity contribution in [3.63, 3.8) is 0 Å². The molecule has 1 heterocycles. The predicted molar refractivity (Wildman–Crippen MR) is 79.3 cm³/mol. The van der Waals surface area contributed by atoms with Crippen molar-refractivity contribution in [2.45, 2.75) is 39.0 Å². The minimum Gasteiger partial charge on any atom is -0.246 e. The molecule has 0 aliphatic rings. The SMILES string of the molecule is CCCc1nc(CCc2ccccc2)sc1CC#N. The van der Waals surface area contributed by atoms with E-state index in [0.717, 1.165) is 41.3 Å². The quantitative estimate of drug-likeness (QED) is 0.797. The fourth-order valence-corrected chi connectivity index (χ4v) is 3.13. The molecule has 0 saturated carbocycles. The van der Waals surface area contributed by atoms with Crippen LogP contribution >= 0.6 is 11.3 Å². The van der Waals surface area contributed by atoms with Gasteiger partial charge in [-0.05, 0) is 18.4 Å². The Morgan fingerprint density at radius 2 is 1.95 bits per heavy atom. The summed E-state index contributed by atoms with van der Waals surface area (Å²) in [5.41, 5.74) is 2.48. The summed E-state index contributed by atoms with van der Waals surface area (Å²) in [6.07, 6.45) is 4.56. The van der Waals surface area contributed by atoms with Crippen LogP contribution in [0.2, 0.25) is 0 Å². The van der Waals surface area contributed by atoms with Crippen LogP contribution in [0.1, 0.15) is 34.5 Å². The van der Waals surface area contributed by atoms with Gasteiger partial charge in [-0.25, -0.2) is 4.98 Å². The van der Waals surface area contributed by atoms with E-state index in [9.17, 15) is 0 Å². The molecular formula is C16H18N2S. The van der Waals surface area contributed by atoms with Gasteiger partial charge >= 0.3 is 0 Å². The van der Waals surface area contributed by atoms with E-state index in [-0.39, 0.29) is 0 Å². The maximum atomic E-state index is 8.86. The number of nitrogens with zero attached hydrogens (tertiary/aromatic N) is 2. The molecule has 0 atom stereocenters. The Morgan fingerprint density at radius 1 is 1.16 bits per heavy atom. The number of benzene rings is 1. The van der Waals surface area contributed by atoms with E-state index in [2.05, 4.69) is 37.3 Å². The number of hydrogen-bond acceptors (Lipinski definition) is 3. The molecule has 0 spiro atoms. The Labute approximate surface area is 118 Å². The summed E-state index contributed by atoms with van der Waals surface area (Å²) in [6.45, 7) is 2.15. The fourth-order valence-electron chi connectivity index (χ4n) is 2.08. The standard InChI is InChI=1S/C16H18N2S/c1-2-6-14-15(11-12-17)19-16(18-14)10-9-13-7-4-3-5-8-13/h3-5,7-8H,2,6,9-11H2,1H3. The molecule has 0 radical (unpaired) electrons. The summed E-state index contributed by atoms with van der Waals surface area (Å²) >= 11 is 1.71. The first kappa shape index (κ1) is 13.8. The van der Waals surface area contributed by atoms with Gasteiger partial charge in [-0.2, -0.15) is 5.26 Å². The van der Waals surface area contributed by atoms with Gasteiger partial charge in [-0.3, -0.25) is 0 Å². The van der Waals surface area contributed by atoms with Crippen molar-refractivity contribution in [1.29, 1.82) is 5.26 Å². The molecule has 0 aliphatic carbocycles. The molecule has 1 aromatic heterocycles. The zero-order valence-electron chi connectivity index (χ0n) is 11.2. The van der Waals surface area contributed by atoms with Gasteiger partial charge < -0.3 is 0 Å². The monoisotopic (exact) mass is 270 g/mol. The lowest BCUT2D eigenvalue weighted by Gasteiger charge is -1.97. The molecule has 2 nitrogen and oxygen atoms in total. The Bertz CT molecular complexity index is 552. The van der Waals surface area contributed by atoms with Crippen molar-refractivity contribution < 1.29 is 0 Å². The van der Waals surface area contributed by atoms with Gasteiger partial charge in [0, 0.05) is 11.3 Å². The summed E-state index contributed by atoms with van der Waals surface area (Å²) in [5.74, 6) is 0. The molecule has 0 saturated heterocycles. The van der Waals surface area contributed by atoms with E-state index < -0.39 is 0 Å². The average molecular weight is 270 g/mol. The first-order chi connectivity index (χ1) is 9.33. The Hall–Kier alpha value is -1.66. The fraction of sp³-hybridized carbons (Fsp3) is 0.375. The normalized spacial score (nSPS) is 10.3. The number of hydrogen-bond donors (Lipinski definition) is 0. The molecule has 19 heavy (non-hydrogen) atoms. The molecular weight excluding hydrogens is 252 g/mol. The molecule has 2 rings (SSSR count). The van der Waals surface area contributed by atoms with Crippen LogP contribution in [0.15, 0.2) is 30.3 Å². The molecule has 3 heteroatoms. The number of aromatic nitrogens is 1. The summed E-state index contributed by atoms with van der Waals surface area (Å²) in [7, 11) is 0. The van der Waals surface area contributed by atoms with Crippen molar-refractivity contribution in [3.8, 4) is 6.07 Å². The Morgan fingerprint density at radius 3 is 2.63 bits per heavy atom. The lowest BCUT2D eigenvalue weighted by atomic mass is 10.1. The summed E-state index contributed by atoms with van der Waals surface area (Å²) in [5, 5.41) is 10.0. The van der Waals surface area contributed by atoms with Crippen molar-refractivity contribution in [3.05, 3.63) is 51.5 Å². The van der Waals surface area contributed by atoms with Gasteiger partial charge in [-0.15, -0.1) is 11.3 Å². The average Bonchev–Trinajstić information content (AvgIpc) is 2.81. The third-order valence-corrected chi connectivity index (χ3v) is 4.18. The number of thiazole rings is 1. The van der Waals surface area contributed by atoms with E-state index in [1.807, 2.05) is 6.07 Å². The van der Waals surface area contributed by atoms with Crippen LogP contribution in [0.5, 0.6) is 0 Å². The van der Waals surface area contributed by atoms with E-state index in [4.69, 9.17) is 10.2 Å². The Kier molecular flexibility index (Phi) is 5.11. The van der Waals surface area contributed by atoms with Gasteiger partial charge in [0.25, 0.3) is 0 Å². The summed E-state index contributed by atoms with van der Waals surface area (Å²) in [6, 6.07) is 12.7. The predicted octanol–water partition coefficient (Wildman–Crippen LogP) is 3.95. The molecule has 0 N–H and O–H groups in total. The molecule has 0 aliphatic heterocycles. The Balaban J connectivity index is 2.04. The second kappa shape index (κ2) is 7.06. The van der Waals surface area contributed by atoms with E-state index in [1.54, 1.807) is 11.3 Å². The maximum Gasteiger partial charge on any atom is 0.0934 e. The zero-order valence-corrected chi connectivity index (χ0v) is 12.0. The highest BCUT2D eigenvalue weighted by Gasteiger charge is 2.10. The zero-order chi connectivity index (χ0) is 13.5. The molecule has 98 valence electrons. The first-order valence-corrected chi connectivity index (χ1v) is 7.53. The number of rotatable bonds is 6. The number of nitriles is 1. The van der Waals surface area contributed by atoms with Gasteiger partial charge in [0.2, 0.25) is 0 Å². The van der Waals surface area contributed by atoms with Gasteiger partial charge in [0.05, 0.1) is 23.2 Å². The van der Waals surface area contributed by atoms with Gasteiger partial charge in [0.1, 0.15) is 0 Å². The van der Waals surface area contributed by atoms with E-state index in [1.165, 1.54) is 5.56 Å². The van der Waals surface area contributed by atoms with E-state index >= 15 is 0 Å². The second-order valence-corrected chi connectivity index (χ2v) is 5.72. The first-order valence-electron chi connectivity index (χ1n) is 6.71. The lowest BCUT2D eigenvalue weighted by Crippen LogP contribution is -1.92. The third-order valence-electron chi connectivity index (χ3n) is 3.02.